The number of aromatic amines is 1. The van der Waals surface area contributed by atoms with E-state index in [1.165, 1.54) is 0 Å². The number of hydrogen-bond acceptors (Lipinski definition) is 6. The maximum absolute atomic E-state index is 12.6. The largest absolute Gasteiger partial charge is 0.462 e. The van der Waals surface area contributed by atoms with Crippen molar-refractivity contribution in [2.75, 3.05) is 25.6 Å². The van der Waals surface area contributed by atoms with Gasteiger partial charge in [-0.1, -0.05) is 12.1 Å². The number of Topliss-reactive ketones (excluding diaryl/α,β-unsaturated/α-hetero) is 1. The summed E-state index contributed by atoms with van der Waals surface area (Å²) >= 11 is 0. The van der Waals surface area contributed by atoms with E-state index in [4.69, 9.17) is 9.47 Å². The van der Waals surface area contributed by atoms with Crippen LogP contribution in [0.1, 0.15) is 49.4 Å². The Morgan fingerprint density at radius 1 is 1.00 bits per heavy atom. The van der Waals surface area contributed by atoms with Gasteiger partial charge in [0.05, 0.1) is 23.3 Å². The molecule has 0 aliphatic rings. The predicted molar refractivity (Wildman–Crippen MR) is 96.8 cm³/mol. The van der Waals surface area contributed by atoms with Crippen molar-refractivity contribution in [2.45, 2.75) is 20.8 Å². The van der Waals surface area contributed by atoms with Crippen LogP contribution in [0.2, 0.25) is 0 Å². The predicted octanol–water partition coefficient (Wildman–Crippen LogP) is 2.89. The molecule has 0 unspecified atom stereocenters. The number of ketones is 1. The lowest BCUT2D eigenvalue weighted by Crippen LogP contribution is -2.18. The van der Waals surface area contributed by atoms with E-state index in [1.54, 1.807) is 52.1 Å². The van der Waals surface area contributed by atoms with E-state index in [-0.39, 0.29) is 17.7 Å². The molecule has 7 nitrogen and oxygen atoms in total. The molecule has 0 aliphatic carbocycles. The van der Waals surface area contributed by atoms with E-state index in [0.29, 0.717) is 22.6 Å². The first-order valence-corrected chi connectivity index (χ1v) is 8.24. The molecule has 0 atom stereocenters. The van der Waals surface area contributed by atoms with Gasteiger partial charge in [0.1, 0.15) is 0 Å². The zero-order valence-corrected chi connectivity index (χ0v) is 15.3. The van der Waals surface area contributed by atoms with E-state index >= 15 is 0 Å². The maximum Gasteiger partial charge on any atom is 0.340 e. The highest BCUT2D eigenvalue weighted by atomic mass is 16.5. The zero-order valence-electron chi connectivity index (χ0n) is 15.3. The zero-order chi connectivity index (χ0) is 19.3. The van der Waals surface area contributed by atoms with Gasteiger partial charge in [0.25, 0.3) is 0 Å². The van der Waals surface area contributed by atoms with Crippen molar-refractivity contribution >= 4 is 23.4 Å². The van der Waals surface area contributed by atoms with E-state index < -0.39 is 24.3 Å². The van der Waals surface area contributed by atoms with Crippen LogP contribution < -0.4 is 5.32 Å². The number of para-hydroxylation sites is 1. The molecule has 0 fully saturated rings. The summed E-state index contributed by atoms with van der Waals surface area (Å²) < 4.78 is 10.2. The smallest absolute Gasteiger partial charge is 0.340 e. The van der Waals surface area contributed by atoms with Crippen molar-refractivity contribution in [3.63, 3.8) is 0 Å². The minimum absolute atomic E-state index is 0.182. The first kappa shape index (κ1) is 19.2. The number of anilines is 1. The molecule has 0 saturated carbocycles. The van der Waals surface area contributed by atoms with Crippen molar-refractivity contribution < 1.29 is 23.9 Å². The fraction of sp³-hybridized carbons (Fsp3) is 0.316. The molecule has 0 amide bonds. The van der Waals surface area contributed by atoms with E-state index in [9.17, 15) is 14.4 Å². The monoisotopic (exact) mass is 358 g/mol. The van der Waals surface area contributed by atoms with Crippen LogP contribution in [0.25, 0.3) is 0 Å². The molecular formula is C19H22N2O5. The number of rotatable bonds is 7. The highest BCUT2D eigenvalue weighted by Gasteiger charge is 2.26. The topological polar surface area (TPSA) is 97.5 Å². The Labute approximate surface area is 151 Å². The van der Waals surface area contributed by atoms with Gasteiger partial charge in [-0.3, -0.25) is 4.79 Å². The maximum atomic E-state index is 12.6. The number of H-pyrrole nitrogens is 1. The van der Waals surface area contributed by atoms with Gasteiger partial charge in [0.2, 0.25) is 5.78 Å². The normalized spacial score (nSPS) is 10.3. The summed E-state index contributed by atoms with van der Waals surface area (Å²) in [5.41, 5.74) is 2.37. The summed E-state index contributed by atoms with van der Waals surface area (Å²) in [5.74, 6) is -1.67. The van der Waals surface area contributed by atoms with Crippen LogP contribution in [-0.2, 0) is 9.47 Å². The second-order valence-electron chi connectivity index (χ2n) is 5.64. The SMILES string of the molecule is CCOC(=O)c1c(C)[nH]c(C)c1C(=O)COC(=O)c1ccccc1NC. The number of aromatic nitrogens is 1. The lowest BCUT2D eigenvalue weighted by Gasteiger charge is -2.09. The lowest BCUT2D eigenvalue weighted by atomic mass is 10.1. The molecule has 2 rings (SSSR count). The van der Waals surface area contributed by atoms with Crippen LogP contribution in [0.4, 0.5) is 5.69 Å². The molecule has 0 spiro atoms. The van der Waals surface area contributed by atoms with Gasteiger partial charge in [-0.15, -0.1) is 0 Å². The molecule has 0 saturated heterocycles. The minimum Gasteiger partial charge on any atom is -0.462 e. The molecule has 7 heteroatoms. The van der Waals surface area contributed by atoms with Crippen LogP contribution in [0.3, 0.4) is 0 Å². The Hall–Kier alpha value is -3.09. The van der Waals surface area contributed by atoms with E-state index in [1.807, 2.05) is 0 Å². The molecule has 0 radical (unpaired) electrons. The van der Waals surface area contributed by atoms with E-state index in [0.717, 1.165) is 0 Å². The van der Waals surface area contributed by atoms with Gasteiger partial charge in [0, 0.05) is 24.1 Å². The first-order valence-electron chi connectivity index (χ1n) is 8.24. The third-order valence-electron chi connectivity index (χ3n) is 3.88. The molecule has 0 bridgehead atoms. The fourth-order valence-corrected chi connectivity index (χ4v) is 2.75. The van der Waals surface area contributed by atoms with Crippen molar-refractivity contribution in [1.29, 1.82) is 0 Å². The Bertz CT molecular complexity index is 838. The second-order valence-corrected chi connectivity index (χ2v) is 5.64. The Morgan fingerprint density at radius 2 is 1.65 bits per heavy atom. The van der Waals surface area contributed by atoms with Gasteiger partial charge in [-0.25, -0.2) is 9.59 Å². The summed E-state index contributed by atoms with van der Waals surface area (Å²) in [7, 11) is 1.69. The molecule has 0 aliphatic heterocycles. The number of carbonyl (C=O) groups excluding carboxylic acids is 3. The Kier molecular flexibility index (Phi) is 6.16. The summed E-state index contributed by atoms with van der Waals surface area (Å²) in [6.07, 6.45) is 0. The highest BCUT2D eigenvalue weighted by molar-refractivity contribution is 6.09. The van der Waals surface area contributed by atoms with Crippen LogP contribution in [0.15, 0.2) is 24.3 Å². The lowest BCUT2D eigenvalue weighted by molar-refractivity contribution is 0.0473. The summed E-state index contributed by atoms with van der Waals surface area (Å²) in [6.45, 7) is 4.79. The summed E-state index contributed by atoms with van der Waals surface area (Å²) in [4.78, 5) is 39.9. The Morgan fingerprint density at radius 3 is 2.31 bits per heavy atom. The van der Waals surface area contributed by atoms with Crippen molar-refractivity contribution in [1.82, 2.24) is 4.98 Å². The molecular weight excluding hydrogens is 336 g/mol. The third kappa shape index (κ3) is 3.93. The second kappa shape index (κ2) is 8.33. The quantitative estimate of drug-likeness (QED) is 0.583. The van der Waals surface area contributed by atoms with Crippen molar-refractivity contribution in [3.8, 4) is 0 Å². The van der Waals surface area contributed by atoms with Crippen molar-refractivity contribution in [3.05, 3.63) is 52.3 Å². The number of esters is 2. The van der Waals surface area contributed by atoms with Gasteiger partial charge in [-0.05, 0) is 32.9 Å². The average Bonchev–Trinajstić information content (AvgIpc) is 2.93. The molecule has 1 aromatic carbocycles. The van der Waals surface area contributed by atoms with Crippen LogP contribution >= 0.6 is 0 Å². The fourth-order valence-electron chi connectivity index (χ4n) is 2.75. The molecule has 26 heavy (non-hydrogen) atoms. The van der Waals surface area contributed by atoms with Gasteiger partial charge in [0.15, 0.2) is 6.61 Å². The first-order chi connectivity index (χ1) is 12.4. The standard InChI is InChI=1S/C19H22N2O5/c1-5-25-19(24)17-12(3)21-11(2)16(17)15(22)10-26-18(23)13-8-6-7-9-14(13)20-4/h6-9,20-21H,5,10H2,1-4H3. The number of benzene rings is 1. The van der Waals surface area contributed by atoms with Gasteiger partial charge < -0.3 is 19.8 Å². The molecule has 2 aromatic rings. The van der Waals surface area contributed by atoms with Crippen molar-refractivity contribution in [2.24, 2.45) is 0 Å². The molecule has 138 valence electrons. The molecule has 1 aromatic heterocycles. The number of ether oxygens (including phenoxy) is 2. The van der Waals surface area contributed by atoms with Gasteiger partial charge in [-0.2, -0.15) is 0 Å². The summed E-state index contributed by atoms with van der Waals surface area (Å²) in [5, 5.41) is 2.89. The van der Waals surface area contributed by atoms with Crippen LogP contribution in [-0.4, -0.2) is 43.0 Å². The minimum atomic E-state index is -0.620. The number of hydrogen-bond donors (Lipinski definition) is 2. The number of carbonyl (C=O) groups is 3. The van der Waals surface area contributed by atoms with E-state index in [2.05, 4.69) is 10.3 Å². The highest BCUT2D eigenvalue weighted by Crippen LogP contribution is 2.21. The van der Waals surface area contributed by atoms with Crippen LogP contribution in [0, 0.1) is 13.8 Å². The van der Waals surface area contributed by atoms with Gasteiger partial charge >= 0.3 is 11.9 Å². The molecule has 1 heterocycles. The molecule has 2 N–H and O–H groups in total. The Balaban J connectivity index is 2.18. The number of nitrogens with one attached hydrogen (secondary N) is 2. The third-order valence-corrected chi connectivity index (χ3v) is 3.88. The van der Waals surface area contributed by atoms with Crippen LogP contribution in [0.5, 0.6) is 0 Å². The summed E-state index contributed by atoms with van der Waals surface area (Å²) in [6, 6.07) is 6.83. The number of aryl methyl sites for hydroxylation is 2. The average molecular weight is 358 g/mol.